The Kier molecular flexibility index (Phi) is 3.63. The SMILES string of the molecule is Nc1cc2ccc1CCc1ccc(c(-c3ccccc3)c1)CC2. The standard InChI is InChI=1S/C22H21N/c23-22-15-17-7-11-19-10-6-16(8-12-20(22)13-9-17)14-21(19)18-4-2-1-3-5-18/h1-6,9-10,13-15H,7-8,11-12,23H2. The first-order valence-electron chi connectivity index (χ1n) is 8.34. The number of rotatable bonds is 1. The molecule has 2 N–H and O–H groups in total. The number of hydrogen-bond donors (Lipinski definition) is 1. The predicted molar refractivity (Wildman–Crippen MR) is 97.5 cm³/mol. The van der Waals surface area contributed by atoms with Gasteiger partial charge in [-0.2, -0.15) is 0 Å². The van der Waals surface area contributed by atoms with E-state index in [9.17, 15) is 0 Å². The van der Waals surface area contributed by atoms with E-state index >= 15 is 0 Å². The predicted octanol–water partition coefficient (Wildman–Crippen LogP) is 4.82. The Morgan fingerprint density at radius 3 is 2.00 bits per heavy atom. The van der Waals surface area contributed by atoms with Crippen LogP contribution in [0, 0.1) is 0 Å². The molecule has 0 spiro atoms. The Bertz CT molecular complexity index is 834. The number of nitrogen functional groups attached to an aromatic ring is 1. The number of benzene rings is 3. The van der Waals surface area contributed by atoms with Gasteiger partial charge >= 0.3 is 0 Å². The van der Waals surface area contributed by atoms with E-state index < -0.39 is 0 Å². The van der Waals surface area contributed by atoms with Gasteiger partial charge in [0.25, 0.3) is 0 Å². The third kappa shape index (κ3) is 2.87. The van der Waals surface area contributed by atoms with Crippen molar-refractivity contribution in [3.05, 3.63) is 89.0 Å². The summed E-state index contributed by atoms with van der Waals surface area (Å²) in [6.07, 6.45) is 4.11. The summed E-state index contributed by atoms with van der Waals surface area (Å²) in [5.74, 6) is 0. The zero-order valence-corrected chi connectivity index (χ0v) is 13.3. The van der Waals surface area contributed by atoms with Crippen LogP contribution in [0.4, 0.5) is 5.69 Å². The molecule has 0 atom stereocenters. The fourth-order valence-electron chi connectivity index (χ4n) is 3.47. The molecule has 0 unspecified atom stereocenters. The van der Waals surface area contributed by atoms with Crippen molar-refractivity contribution in [3.8, 4) is 11.1 Å². The lowest BCUT2D eigenvalue weighted by atomic mass is 9.90. The van der Waals surface area contributed by atoms with Gasteiger partial charge in [0.1, 0.15) is 0 Å². The molecule has 0 heterocycles. The van der Waals surface area contributed by atoms with Gasteiger partial charge in [0, 0.05) is 5.69 Å². The lowest BCUT2D eigenvalue weighted by Crippen LogP contribution is -2.03. The van der Waals surface area contributed by atoms with Crippen molar-refractivity contribution in [2.75, 3.05) is 5.73 Å². The van der Waals surface area contributed by atoms with Crippen molar-refractivity contribution >= 4 is 5.69 Å². The quantitative estimate of drug-likeness (QED) is 0.641. The Morgan fingerprint density at radius 2 is 1.26 bits per heavy atom. The smallest absolute Gasteiger partial charge is 0.0349 e. The van der Waals surface area contributed by atoms with Crippen LogP contribution < -0.4 is 5.73 Å². The topological polar surface area (TPSA) is 26.0 Å². The van der Waals surface area contributed by atoms with E-state index in [2.05, 4.69) is 66.7 Å². The van der Waals surface area contributed by atoms with Crippen molar-refractivity contribution in [2.45, 2.75) is 25.7 Å². The molecular weight excluding hydrogens is 278 g/mol. The first kappa shape index (κ1) is 14.1. The molecular formula is C22H21N. The summed E-state index contributed by atoms with van der Waals surface area (Å²) in [7, 11) is 0. The molecule has 1 nitrogen and oxygen atoms in total. The van der Waals surface area contributed by atoms with Gasteiger partial charge < -0.3 is 5.73 Å². The molecule has 4 bridgehead atoms. The second kappa shape index (κ2) is 5.92. The molecule has 3 aromatic rings. The van der Waals surface area contributed by atoms with Crippen molar-refractivity contribution in [3.63, 3.8) is 0 Å². The molecule has 0 fully saturated rings. The first-order valence-corrected chi connectivity index (χ1v) is 8.34. The van der Waals surface area contributed by atoms with Crippen molar-refractivity contribution in [2.24, 2.45) is 0 Å². The molecule has 0 aliphatic heterocycles. The molecule has 0 saturated heterocycles. The van der Waals surface area contributed by atoms with E-state index in [0.717, 1.165) is 31.4 Å². The van der Waals surface area contributed by atoms with E-state index in [1.54, 1.807) is 0 Å². The van der Waals surface area contributed by atoms with Crippen LogP contribution in [0.3, 0.4) is 0 Å². The second-order valence-corrected chi connectivity index (χ2v) is 6.39. The summed E-state index contributed by atoms with van der Waals surface area (Å²) >= 11 is 0. The summed E-state index contributed by atoms with van der Waals surface area (Å²) in [6, 6.07) is 24.3. The average molecular weight is 299 g/mol. The Labute approximate surface area is 137 Å². The summed E-state index contributed by atoms with van der Waals surface area (Å²) in [5, 5.41) is 0. The highest BCUT2D eigenvalue weighted by atomic mass is 14.6. The Hall–Kier alpha value is -2.54. The largest absolute Gasteiger partial charge is 0.398 e. The minimum Gasteiger partial charge on any atom is -0.398 e. The number of hydrogen-bond acceptors (Lipinski definition) is 1. The Morgan fingerprint density at radius 1 is 0.609 bits per heavy atom. The molecule has 0 radical (unpaired) electrons. The minimum atomic E-state index is 0.945. The minimum absolute atomic E-state index is 0.945. The van der Waals surface area contributed by atoms with Crippen molar-refractivity contribution in [1.82, 2.24) is 0 Å². The van der Waals surface area contributed by atoms with Crippen LogP contribution >= 0.6 is 0 Å². The van der Waals surface area contributed by atoms with Gasteiger partial charge in [0.2, 0.25) is 0 Å². The maximum absolute atomic E-state index is 6.22. The van der Waals surface area contributed by atoms with Crippen molar-refractivity contribution in [1.29, 1.82) is 0 Å². The summed E-state index contributed by atoms with van der Waals surface area (Å²) < 4.78 is 0. The van der Waals surface area contributed by atoms with Crippen LogP contribution in [-0.4, -0.2) is 0 Å². The van der Waals surface area contributed by atoms with E-state index in [4.69, 9.17) is 5.73 Å². The highest BCUT2D eigenvalue weighted by molar-refractivity contribution is 5.68. The van der Waals surface area contributed by atoms with Gasteiger partial charge in [-0.1, -0.05) is 60.7 Å². The third-order valence-electron chi connectivity index (χ3n) is 4.84. The average Bonchev–Trinajstić information content (AvgIpc) is 2.58. The molecule has 0 aromatic heterocycles. The molecule has 4 aliphatic carbocycles. The molecule has 0 saturated carbocycles. The third-order valence-corrected chi connectivity index (χ3v) is 4.84. The Balaban J connectivity index is 1.79. The lowest BCUT2D eigenvalue weighted by Gasteiger charge is -2.15. The summed E-state index contributed by atoms with van der Waals surface area (Å²) in [4.78, 5) is 0. The van der Waals surface area contributed by atoms with Crippen LogP contribution in [-0.2, 0) is 25.7 Å². The van der Waals surface area contributed by atoms with Crippen LogP contribution in [0.15, 0.2) is 66.7 Å². The fourth-order valence-corrected chi connectivity index (χ4v) is 3.47. The van der Waals surface area contributed by atoms with E-state index in [-0.39, 0.29) is 0 Å². The molecule has 23 heavy (non-hydrogen) atoms. The lowest BCUT2D eigenvalue weighted by molar-refractivity contribution is 0.926. The van der Waals surface area contributed by atoms with Gasteiger partial charge in [0.05, 0.1) is 0 Å². The van der Waals surface area contributed by atoms with Crippen LogP contribution in [0.25, 0.3) is 11.1 Å². The molecule has 4 aliphatic rings. The number of anilines is 1. The molecule has 3 aromatic carbocycles. The highest BCUT2D eigenvalue weighted by Crippen LogP contribution is 2.28. The van der Waals surface area contributed by atoms with Gasteiger partial charge in [-0.05, 0) is 65.1 Å². The summed E-state index contributed by atoms with van der Waals surface area (Å²) in [5.41, 5.74) is 15.3. The number of nitrogens with two attached hydrogens (primary N) is 1. The van der Waals surface area contributed by atoms with E-state index in [0.29, 0.717) is 0 Å². The maximum Gasteiger partial charge on any atom is 0.0349 e. The van der Waals surface area contributed by atoms with E-state index in [1.807, 2.05) is 0 Å². The molecule has 0 amide bonds. The summed E-state index contributed by atoms with van der Waals surface area (Å²) in [6.45, 7) is 0. The van der Waals surface area contributed by atoms with Gasteiger partial charge in [-0.15, -0.1) is 0 Å². The maximum atomic E-state index is 6.22. The van der Waals surface area contributed by atoms with Gasteiger partial charge in [-0.25, -0.2) is 0 Å². The first-order chi connectivity index (χ1) is 11.3. The van der Waals surface area contributed by atoms with Crippen molar-refractivity contribution < 1.29 is 0 Å². The molecule has 114 valence electrons. The highest BCUT2D eigenvalue weighted by Gasteiger charge is 2.10. The molecule has 7 rings (SSSR count). The van der Waals surface area contributed by atoms with Gasteiger partial charge in [0.15, 0.2) is 0 Å². The fraction of sp³-hybridized carbons (Fsp3) is 0.182. The van der Waals surface area contributed by atoms with Crippen LogP contribution in [0.1, 0.15) is 22.3 Å². The van der Waals surface area contributed by atoms with Crippen LogP contribution in [0.2, 0.25) is 0 Å². The van der Waals surface area contributed by atoms with E-state index in [1.165, 1.54) is 33.4 Å². The monoisotopic (exact) mass is 299 g/mol. The second-order valence-electron chi connectivity index (χ2n) is 6.39. The zero-order chi connectivity index (χ0) is 15.6. The number of aryl methyl sites for hydroxylation is 4. The van der Waals surface area contributed by atoms with Gasteiger partial charge in [-0.3, -0.25) is 0 Å². The normalized spacial score (nSPS) is 13.6. The van der Waals surface area contributed by atoms with Crippen LogP contribution in [0.5, 0.6) is 0 Å². The molecule has 1 heteroatoms. The zero-order valence-electron chi connectivity index (χ0n) is 13.3.